The molecule has 6 nitrogen and oxygen atoms in total. The van der Waals surface area contributed by atoms with Gasteiger partial charge in [-0.05, 0) is 13.1 Å². The highest BCUT2D eigenvalue weighted by atomic mass is 19.4. The summed E-state index contributed by atoms with van der Waals surface area (Å²) < 4.78 is 47.8. The highest BCUT2D eigenvalue weighted by Crippen LogP contribution is 2.25. The van der Waals surface area contributed by atoms with Crippen LogP contribution in [0.5, 0.6) is 11.5 Å². The lowest BCUT2D eigenvalue weighted by Crippen LogP contribution is -2.47. The van der Waals surface area contributed by atoms with Gasteiger partial charge in [0.05, 0.1) is 13.7 Å². The molecule has 154 valence electrons. The van der Waals surface area contributed by atoms with E-state index in [1.165, 1.54) is 7.11 Å². The number of alkyl halides is 3. The molecule has 0 bridgehead atoms. The number of aliphatic hydroxyl groups is 1. The number of rotatable bonds is 9. The van der Waals surface area contributed by atoms with Gasteiger partial charge in [-0.2, -0.15) is 13.2 Å². The zero-order valence-corrected chi connectivity index (χ0v) is 15.8. The maximum atomic E-state index is 12.3. The van der Waals surface area contributed by atoms with Gasteiger partial charge in [-0.25, -0.2) is 0 Å². The Morgan fingerprint density at radius 1 is 1.22 bits per heavy atom. The second-order valence-corrected chi connectivity index (χ2v) is 6.76. The second kappa shape index (κ2) is 10.1. The minimum atomic E-state index is -4.27. The number of benzene rings is 1. The third-order valence-corrected chi connectivity index (χ3v) is 4.41. The van der Waals surface area contributed by atoms with E-state index in [1.807, 2.05) is 0 Å². The minimum Gasteiger partial charge on any atom is -0.497 e. The van der Waals surface area contributed by atoms with Crippen LogP contribution < -0.4 is 14.8 Å². The first-order valence-electron chi connectivity index (χ1n) is 8.93. The fourth-order valence-electron chi connectivity index (χ4n) is 2.85. The first-order chi connectivity index (χ1) is 12.8. The van der Waals surface area contributed by atoms with Crippen LogP contribution in [0.2, 0.25) is 0 Å². The standard InChI is InChI=1S/C18H28F3N3O3/c1-23-5-7-24(8-6-23)11-15(25)12-27-17-9-16(26-2)4-3-14(17)10-22-13-18(19,20)21/h3-4,9,15,22,25H,5-8,10-13H2,1-2H3/t15-/m1/s1. The highest BCUT2D eigenvalue weighted by Gasteiger charge is 2.26. The van der Waals surface area contributed by atoms with Gasteiger partial charge >= 0.3 is 6.18 Å². The van der Waals surface area contributed by atoms with Crippen molar-refractivity contribution >= 4 is 0 Å². The fraction of sp³-hybridized carbons (Fsp3) is 0.667. The minimum absolute atomic E-state index is 0.00733. The highest BCUT2D eigenvalue weighted by molar-refractivity contribution is 5.40. The lowest BCUT2D eigenvalue weighted by Gasteiger charge is -2.33. The van der Waals surface area contributed by atoms with Crippen LogP contribution in [0.25, 0.3) is 0 Å². The number of methoxy groups -OCH3 is 1. The molecule has 2 N–H and O–H groups in total. The molecule has 0 unspecified atom stereocenters. The van der Waals surface area contributed by atoms with Crippen LogP contribution in [0.1, 0.15) is 5.56 Å². The van der Waals surface area contributed by atoms with Gasteiger partial charge in [0, 0.05) is 50.9 Å². The number of nitrogens with one attached hydrogen (secondary N) is 1. The summed E-state index contributed by atoms with van der Waals surface area (Å²) in [6.45, 7) is 3.18. The largest absolute Gasteiger partial charge is 0.497 e. The van der Waals surface area contributed by atoms with E-state index >= 15 is 0 Å². The molecule has 1 aromatic carbocycles. The predicted octanol–water partition coefficient (Wildman–Crippen LogP) is 1.33. The van der Waals surface area contributed by atoms with Crippen molar-refractivity contribution in [1.82, 2.24) is 15.1 Å². The molecule has 0 radical (unpaired) electrons. The van der Waals surface area contributed by atoms with Crippen LogP contribution in [0, 0.1) is 0 Å². The number of ether oxygens (including phenoxy) is 2. The van der Waals surface area contributed by atoms with Crippen LogP contribution in [0.4, 0.5) is 13.2 Å². The van der Waals surface area contributed by atoms with E-state index in [-0.39, 0.29) is 13.2 Å². The summed E-state index contributed by atoms with van der Waals surface area (Å²) in [6.07, 6.45) is -4.96. The summed E-state index contributed by atoms with van der Waals surface area (Å²) >= 11 is 0. The van der Waals surface area contributed by atoms with Crippen molar-refractivity contribution in [2.24, 2.45) is 0 Å². The number of piperazine rings is 1. The van der Waals surface area contributed by atoms with E-state index in [2.05, 4.69) is 22.2 Å². The summed E-state index contributed by atoms with van der Waals surface area (Å²) in [7, 11) is 3.57. The number of halogens is 3. The molecular weight excluding hydrogens is 363 g/mol. The predicted molar refractivity (Wildman–Crippen MR) is 96.2 cm³/mol. The molecule has 0 saturated carbocycles. The van der Waals surface area contributed by atoms with Crippen LogP contribution in [0.15, 0.2) is 18.2 Å². The monoisotopic (exact) mass is 391 g/mol. The molecule has 0 aliphatic carbocycles. The molecule has 1 saturated heterocycles. The van der Waals surface area contributed by atoms with Gasteiger partial charge in [-0.15, -0.1) is 0 Å². The molecule has 0 amide bonds. The fourth-order valence-corrected chi connectivity index (χ4v) is 2.85. The Kier molecular flexibility index (Phi) is 8.15. The maximum Gasteiger partial charge on any atom is 0.401 e. The quantitative estimate of drug-likeness (QED) is 0.663. The van der Waals surface area contributed by atoms with Gasteiger partial charge in [0.25, 0.3) is 0 Å². The zero-order valence-electron chi connectivity index (χ0n) is 15.8. The van der Waals surface area contributed by atoms with E-state index in [4.69, 9.17) is 9.47 Å². The third kappa shape index (κ3) is 7.92. The Labute approximate surface area is 157 Å². The van der Waals surface area contributed by atoms with E-state index in [0.29, 0.717) is 23.6 Å². The molecule has 27 heavy (non-hydrogen) atoms. The van der Waals surface area contributed by atoms with Crippen LogP contribution >= 0.6 is 0 Å². The maximum absolute atomic E-state index is 12.3. The van der Waals surface area contributed by atoms with E-state index in [9.17, 15) is 18.3 Å². The second-order valence-electron chi connectivity index (χ2n) is 6.76. The molecule has 1 aromatic rings. The van der Waals surface area contributed by atoms with Gasteiger partial charge in [-0.3, -0.25) is 4.90 Å². The van der Waals surface area contributed by atoms with E-state index in [1.54, 1.807) is 18.2 Å². The zero-order chi connectivity index (χ0) is 19.9. The smallest absolute Gasteiger partial charge is 0.401 e. The number of aliphatic hydroxyl groups excluding tert-OH is 1. The molecule has 0 spiro atoms. The van der Waals surface area contributed by atoms with Crippen LogP contribution in [-0.2, 0) is 6.54 Å². The van der Waals surface area contributed by atoms with E-state index in [0.717, 1.165) is 26.2 Å². The number of nitrogens with zero attached hydrogens (tertiary/aromatic N) is 2. The van der Waals surface area contributed by atoms with Crippen molar-refractivity contribution in [2.75, 3.05) is 60.0 Å². The molecule has 1 heterocycles. The number of hydrogen-bond acceptors (Lipinski definition) is 6. The molecule has 0 aromatic heterocycles. The molecule has 1 aliphatic heterocycles. The van der Waals surface area contributed by atoms with Gasteiger partial charge < -0.3 is 24.8 Å². The van der Waals surface area contributed by atoms with Crippen molar-refractivity contribution in [3.8, 4) is 11.5 Å². The Hall–Kier alpha value is -1.55. The van der Waals surface area contributed by atoms with Crippen molar-refractivity contribution in [3.05, 3.63) is 23.8 Å². The Bertz CT molecular complexity index is 579. The normalized spacial score (nSPS) is 17.7. The molecule has 1 aliphatic rings. The number of β-amino-alcohol motifs (C(OH)–C–C–N with tert-alkyl or cyclic N) is 1. The molecule has 1 fully saturated rings. The Morgan fingerprint density at radius 3 is 2.56 bits per heavy atom. The van der Waals surface area contributed by atoms with Crippen molar-refractivity contribution in [1.29, 1.82) is 0 Å². The molecular formula is C18H28F3N3O3. The first-order valence-corrected chi connectivity index (χ1v) is 8.93. The summed E-state index contributed by atoms with van der Waals surface area (Å²) in [4.78, 5) is 4.40. The molecule has 1 atom stereocenters. The summed E-state index contributed by atoms with van der Waals surface area (Å²) in [5.74, 6) is 0.944. The summed E-state index contributed by atoms with van der Waals surface area (Å²) in [5, 5.41) is 12.6. The lowest BCUT2D eigenvalue weighted by atomic mass is 10.2. The molecule has 9 heteroatoms. The summed E-state index contributed by atoms with van der Waals surface area (Å²) in [6, 6.07) is 4.94. The first kappa shape index (κ1) is 21.7. The Balaban J connectivity index is 1.88. The van der Waals surface area contributed by atoms with Crippen molar-refractivity contribution in [2.45, 2.75) is 18.8 Å². The molecule has 2 rings (SSSR count). The third-order valence-electron chi connectivity index (χ3n) is 4.41. The average Bonchev–Trinajstić information content (AvgIpc) is 2.61. The summed E-state index contributed by atoms with van der Waals surface area (Å²) in [5.41, 5.74) is 0.576. The van der Waals surface area contributed by atoms with Crippen molar-refractivity contribution < 1.29 is 27.8 Å². The number of hydrogen-bond donors (Lipinski definition) is 2. The average molecular weight is 391 g/mol. The number of likely N-dealkylation sites (N-methyl/N-ethyl adjacent to an activating group) is 1. The SMILES string of the molecule is COc1ccc(CNCC(F)(F)F)c(OC[C@H](O)CN2CCN(C)CC2)c1. The van der Waals surface area contributed by atoms with Gasteiger partial charge in [0.2, 0.25) is 0 Å². The lowest BCUT2D eigenvalue weighted by molar-refractivity contribution is -0.125. The van der Waals surface area contributed by atoms with E-state index < -0.39 is 18.8 Å². The van der Waals surface area contributed by atoms with Gasteiger partial charge in [0.15, 0.2) is 0 Å². The topological polar surface area (TPSA) is 57.2 Å². The van der Waals surface area contributed by atoms with Crippen molar-refractivity contribution in [3.63, 3.8) is 0 Å². The van der Waals surface area contributed by atoms with Crippen LogP contribution in [0.3, 0.4) is 0 Å². The van der Waals surface area contributed by atoms with Gasteiger partial charge in [-0.1, -0.05) is 6.07 Å². The van der Waals surface area contributed by atoms with Crippen LogP contribution in [-0.4, -0.2) is 87.2 Å². The van der Waals surface area contributed by atoms with Gasteiger partial charge in [0.1, 0.15) is 24.2 Å². The Morgan fingerprint density at radius 2 is 1.93 bits per heavy atom.